The first kappa shape index (κ1) is 15.4. The van der Waals surface area contributed by atoms with Gasteiger partial charge < -0.3 is 15.2 Å². The van der Waals surface area contributed by atoms with Gasteiger partial charge in [-0.2, -0.15) is 0 Å². The van der Waals surface area contributed by atoms with Gasteiger partial charge in [-0.1, -0.05) is 6.42 Å². The predicted octanol–water partition coefficient (Wildman–Crippen LogP) is 3.06. The number of benzene rings is 1. The molecule has 1 saturated carbocycles. The summed E-state index contributed by atoms with van der Waals surface area (Å²) in [5.74, 6) is 0.483. The van der Waals surface area contributed by atoms with E-state index in [9.17, 15) is 9.59 Å². The number of hydrogen-bond donors (Lipinski definition) is 2. The summed E-state index contributed by atoms with van der Waals surface area (Å²) in [7, 11) is 0. The van der Waals surface area contributed by atoms with E-state index < -0.39 is 5.97 Å². The number of carbonyl (C=O) groups is 2. The van der Waals surface area contributed by atoms with Gasteiger partial charge in [-0.15, -0.1) is 0 Å². The maximum atomic E-state index is 11.8. The minimum absolute atomic E-state index is 0.0647. The molecule has 0 atom stereocenters. The van der Waals surface area contributed by atoms with Crippen molar-refractivity contribution in [2.75, 3.05) is 11.9 Å². The van der Waals surface area contributed by atoms with Gasteiger partial charge in [-0.3, -0.25) is 9.59 Å². The number of amides is 1. The first-order valence-corrected chi connectivity index (χ1v) is 7.38. The van der Waals surface area contributed by atoms with Crippen molar-refractivity contribution < 1.29 is 19.4 Å². The van der Waals surface area contributed by atoms with Gasteiger partial charge in [0.15, 0.2) is 0 Å². The second-order valence-corrected chi connectivity index (χ2v) is 5.42. The zero-order valence-electron chi connectivity index (χ0n) is 12.0. The Balaban J connectivity index is 1.70. The average Bonchev–Trinajstić information content (AvgIpc) is 2.41. The average molecular weight is 291 g/mol. The summed E-state index contributed by atoms with van der Waals surface area (Å²) in [6.45, 7) is 0.375. The number of aliphatic carboxylic acids is 1. The lowest BCUT2D eigenvalue weighted by atomic mass is 9.83. The molecule has 21 heavy (non-hydrogen) atoms. The molecule has 1 amide bonds. The Hall–Kier alpha value is -2.04. The zero-order chi connectivity index (χ0) is 15.1. The van der Waals surface area contributed by atoms with Crippen molar-refractivity contribution in [3.05, 3.63) is 24.3 Å². The van der Waals surface area contributed by atoms with E-state index in [0.717, 1.165) is 18.5 Å². The predicted molar refractivity (Wildman–Crippen MR) is 79.4 cm³/mol. The van der Waals surface area contributed by atoms with Gasteiger partial charge >= 0.3 is 5.97 Å². The number of rotatable bonds is 8. The number of hydrogen-bond acceptors (Lipinski definition) is 3. The monoisotopic (exact) mass is 291 g/mol. The molecule has 114 valence electrons. The van der Waals surface area contributed by atoms with Crippen LogP contribution in [-0.2, 0) is 9.59 Å². The van der Waals surface area contributed by atoms with Gasteiger partial charge in [0.05, 0.1) is 6.61 Å². The molecular weight excluding hydrogens is 270 g/mol. The van der Waals surface area contributed by atoms with Crippen molar-refractivity contribution in [2.24, 2.45) is 5.92 Å². The third-order valence-electron chi connectivity index (χ3n) is 3.64. The molecule has 1 aliphatic carbocycles. The van der Waals surface area contributed by atoms with E-state index in [1.54, 1.807) is 24.3 Å². The van der Waals surface area contributed by atoms with Gasteiger partial charge in [0.1, 0.15) is 5.75 Å². The molecule has 0 radical (unpaired) electrons. The highest BCUT2D eigenvalue weighted by Crippen LogP contribution is 2.29. The highest BCUT2D eigenvalue weighted by molar-refractivity contribution is 5.90. The molecule has 0 heterocycles. The van der Waals surface area contributed by atoms with Gasteiger partial charge in [0.2, 0.25) is 5.91 Å². The lowest BCUT2D eigenvalue weighted by molar-refractivity contribution is -0.137. The second-order valence-electron chi connectivity index (χ2n) is 5.42. The molecule has 2 rings (SSSR count). The summed E-state index contributed by atoms with van der Waals surface area (Å²) in [6.07, 6.45) is 4.76. The molecule has 5 nitrogen and oxygen atoms in total. The molecule has 0 bridgehead atoms. The van der Waals surface area contributed by atoms with Crippen molar-refractivity contribution in [1.29, 1.82) is 0 Å². The molecule has 0 unspecified atom stereocenters. The quantitative estimate of drug-likeness (QED) is 0.722. The summed E-state index contributed by atoms with van der Waals surface area (Å²) in [5, 5.41) is 11.4. The fraction of sp³-hybridized carbons (Fsp3) is 0.500. The van der Waals surface area contributed by atoms with E-state index >= 15 is 0 Å². The highest BCUT2D eigenvalue weighted by atomic mass is 16.5. The van der Waals surface area contributed by atoms with Crippen LogP contribution in [0.2, 0.25) is 0 Å². The molecule has 1 fully saturated rings. The van der Waals surface area contributed by atoms with Gasteiger partial charge in [0, 0.05) is 18.5 Å². The molecular formula is C16H21NO4. The van der Waals surface area contributed by atoms with E-state index in [-0.39, 0.29) is 12.3 Å². The van der Waals surface area contributed by atoms with Crippen LogP contribution in [0.3, 0.4) is 0 Å². The summed E-state index contributed by atoms with van der Waals surface area (Å²) < 4.78 is 5.43. The van der Waals surface area contributed by atoms with E-state index in [0.29, 0.717) is 31.1 Å². The zero-order valence-corrected chi connectivity index (χ0v) is 12.0. The number of carboxylic acids is 1. The Morgan fingerprint density at radius 1 is 1.24 bits per heavy atom. The van der Waals surface area contributed by atoms with Gasteiger partial charge in [0.25, 0.3) is 0 Å². The fourth-order valence-electron chi connectivity index (χ4n) is 2.22. The Kier molecular flexibility index (Phi) is 5.60. The first-order valence-electron chi connectivity index (χ1n) is 7.38. The van der Waals surface area contributed by atoms with Crippen LogP contribution in [0.1, 0.15) is 38.5 Å². The van der Waals surface area contributed by atoms with E-state index in [2.05, 4.69) is 5.32 Å². The van der Waals surface area contributed by atoms with Crippen molar-refractivity contribution in [1.82, 2.24) is 0 Å². The Labute approximate surface area is 124 Å². The number of carbonyl (C=O) groups excluding carboxylic acids is 1. The summed E-state index contributed by atoms with van der Waals surface area (Å²) in [5.41, 5.74) is 0.761. The largest absolute Gasteiger partial charge is 0.494 e. The maximum Gasteiger partial charge on any atom is 0.303 e. The molecule has 1 aromatic rings. The molecule has 0 spiro atoms. The number of nitrogens with one attached hydrogen (secondary N) is 1. The Morgan fingerprint density at radius 2 is 1.95 bits per heavy atom. The maximum absolute atomic E-state index is 11.8. The van der Waals surface area contributed by atoms with Crippen molar-refractivity contribution in [2.45, 2.75) is 38.5 Å². The molecule has 5 heteroatoms. The topological polar surface area (TPSA) is 75.6 Å². The Morgan fingerprint density at radius 3 is 2.52 bits per heavy atom. The number of carboxylic acid groups (broad SMARTS) is 1. The first-order chi connectivity index (χ1) is 10.1. The lowest BCUT2D eigenvalue weighted by Crippen LogP contribution is -2.20. The van der Waals surface area contributed by atoms with Crippen LogP contribution in [0.5, 0.6) is 5.75 Å². The second kappa shape index (κ2) is 7.67. The smallest absolute Gasteiger partial charge is 0.303 e. The standard InChI is InChI=1S/C16H21NO4/c18-15(11-12-3-1-4-12)17-13-6-8-14(9-7-13)21-10-2-5-16(19)20/h6-9,12H,1-5,10-11H2,(H,17,18)(H,19,20). The summed E-state index contributed by atoms with van der Waals surface area (Å²) >= 11 is 0. The lowest BCUT2D eigenvalue weighted by Gasteiger charge is -2.24. The number of ether oxygens (including phenoxy) is 1. The molecule has 2 N–H and O–H groups in total. The van der Waals surface area contributed by atoms with Gasteiger partial charge in [-0.25, -0.2) is 0 Å². The van der Waals surface area contributed by atoms with Crippen LogP contribution in [0.4, 0.5) is 5.69 Å². The van der Waals surface area contributed by atoms with Crippen molar-refractivity contribution >= 4 is 17.6 Å². The van der Waals surface area contributed by atoms with Crippen LogP contribution in [0.15, 0.2) is 24.3 Å². The fourth-order valence-corrected chi connectivity index (χ4v) is 2.22. The number of anilines is 1. The van der Waals surface area contributed by atoms with Crippen LogP contribution < -0.4 is 10.1 Å². The van der Waals surface area contributed by atoms with E-state index in [1.165, 1.54) is 6.42 Å². The molecule has 0 aliphatic heterocycles. The molecule has 0 aromatic heterocycles. The van der Waals surface area contributed by atoms with E-state index in [1.807, 2.05) is 0 Å². The highest BCUT2D eigenvalue weighted by Gasteiger charge is 2.20. The van der Waals surface area contributed by atoms with Gasteiger partial charge in [-0.05, 0) is 49.4 Å². The van der Waals surface area contributed by atoms with Crippen LogP contribution in [0, 0.1) is 5.92 Å². The van der Waals surface area contributed by atoms with E-state index in [4.69, 9.17) is 9.84 Å². The minimum atomic E-state index is -0.817. The summed E-state index contributed by atoms with van der Waals surface area (Å²) in [4.78, 5) is 22.1. The van der Waals surface area contributed by atoms with Crippen molar-refractivity contribution in [3.63, 3.8) is 0 Å². The van der Waals surface area contributed by atoms with Crippen molar-refractivity contribution in [3.8, 4) is 5.75 Å². The third-order valence-corrected chi connectivity index (χ3v) is 3.64. The Bertz CT molecular complexity index is 480. The SMILES string of the molecule is O=C(O)CCCOc1ccc(NC(=O)CC2CCC2)cc1. The van der Waals surface area contributed by atoms with Crippen LogP contribution in [-0.4, -0.2) is 23.6 Å². The molecule has 1 aromatic carbocycles. The molecule has 0 saturated heterocycles. The summed E-state index contributed by atoms with van der Waals surface area (Å²) in [6, 6.07) is 7.15. The van der Waals surface area contributed by atoms with Crippen LogP contribution in [0.25, 0.3) is 0 Å². The molecule has 1 aliphatic rings. The third kappa shape index (κ3) is 5.45. The van der Waals surface area contributed by atoms with Crippen LogP contribution >= 0.6 is 0 Å². The normalized spacial score (nSPS) is 14.3. The minimum Gasteiger partial charge on any atom is -0.494 e.